The van der Waals surface area contributed by atoms with Gasteiger partial charge in [-0.2, -0.15) is 0 Å². The first kappa shape index (κ1) is 12.1. The van der Waals surface area contributed by atoms with Crippen molar-refractivity contribution in [1.29, 1.82) is 0 Å². The lowest BCUT2D eigenvalue weighted by molar-refractivity contribution is 0.0608. The van der Waals surface area contributed by atoms with Gasteiger partial charge in [-0.25, -0.2) is 0 Å². The average molecular weight is 232 g/mol. The molecule has 0 aromatic carbocycles. The summed E-state index contributed by atoms with van der Waals surface area (Å²) in [5.74, 6) is 0.169. The SMILES string of the molecule is CCC1CCCCN1C(=O)c1ccnc(C)c1. The first-order valence-electron chi connectivity index (χ1n) is 6.46. The fourth-order valence-electron chi connectivity index (χ4n) is 2.54. The van der Waals surface area contributed by atoms with Crippen LogP contribution in [0.25, 0.3) is 0 Å². The normalized spacial score (nSPS) is 20.4. The molecule has 1 aromatic heterocycles. The molecule has 3 heteroatoms. The molecule has 0 radical (unpaired) electrons. The Bertz CT molecular complexity index is 403. The second-order valence-electron chi connectivity index (χ2n) is 4.74. The predicted octanol–water partition coefficient (Wildman–Crippen LogP) is 2.79. The maximum absolute atomic E-state index is 12.4. The van der Waals surface area contributed by atoms with E-state index in [1.807, 2.05) is 24.0 Å². The smallest absolute Gasteiger partial charge is 0.254 e. The summed E-state index contributed by atoms with van der Waals surface area (Å²) in [5, 5.41) is 0. The summed E-state index contributed by atoms with van der Waals surface area (Å²) in [7, 11) is 0. The third-order valence-corrected chi connectivity index (χ3v) is 3.50. The summed E-state index contributed by atoms with van der Waals surface area (Å²) in [6, 6.07) is 4.12. The van der Waals surface area contributed by atoms with E-state index in [0.29, 0.717) is 6.04 Å². The Morgan fingerprint density at radius 2 is 2.35 bits per heavy atom. The van der Waals surface area contributed by atoms with Crippen molar-refractivity contribution < 1.29 is 4.79 Å². The third kappa shape index (κ3) is 2.65. The molecule has 0 aliphatic carbocycles. The zero-order valence-electron chi connectivity index (χ0n) is 10.6. The summed E-state index contributed by atoms with van der Waals surface area (Å²) < 4.78 is 0. The highest BCUT2D eigenvalue weighted by Gasteiger charge is 2.25. The van der Waals surface area contributed by atoms with Crippen molar-refractivity contribution in [3.05, 3.63) is 29.6 Å². The van der Waals surface area contributed by atoms with Crippen molar-refractivity contribution >= 4 is 5.91 Å². The monoisotopic (exact) mass is 232 g/mol. The molecular formula is C14H20N2O. The van der Waals surface area contributed by atoms with Crippen LogP contribution in [0.1, 0.15) is 48.7 Å². The topological polar surface area (TPSA) is 33.2 Å². The van der Waals surface area contributed by atoms with Crippen LogP contribution in [0.15, 0.2) is 18.3 Å². The second kappa shape index (κ2) is 5.30. The summed E-state index contributed by atoms with van der Waals surface area (Å²) >= 11 is 0. The maximum Gasteiger partial charge on any atom is 0.254 e. The minimum atomic E-state index is 0.169. The molecule has 2 heterocycles. The van der Waals surface area contributed by atoms with Gasteiger partial charge in [0.25, 0.3) is 5.91 Å². The molecule has 1 saturated heterocycles. The first-order chi connectivity index (χ1) is 8.22. The number of pyridine rings is 1. The van der Waals surface area contributed by atoms with E-state index < -0.39 is 0 Å². The molecule has 0 spiro atoms. The van der Waals surface area contributed by atoms with Crippen molar-refractivity contribution in [2.24, 2.45) is 0 Å². The summed E-state index contributed by atoms with van der Waals surface area (Å²) in [4.78, 5) is 18.6. The number of hydrogen-bond donors (Lipinski definition) is 0. The highest BCUT2D eigenvalue weighted by Crippen LogP contribution is 2.21. The van der Waals surface area contributed by atoms with E-state index in [2.05, 4.69) is 11.9 Å². The minimum absolute atomic E-state index is 0.169. The second-order valence-corrected chi connectivity index (χ2v) is 4.74. The Morgan fingerprint density at radius 3 is 3.06 bits per heavy atom. The van der Waals surface area contributed by atoms with E-state index in [1.165, 1.54) is 6.42 Å². The molecule has 3 nitrogen and oxygen atoms in total. The number of hydrogen-bond acceptors (Lipinski definition) is 2. The standard InChI is InChI=1S/C14H20N2O/c1-3-13-6-4-5-9-16(13)14(17)12-7-8-15-11(2)10-12/h7-8,10,13H,3-6,9H2,1-2H3. The molecular weight excluding hydrogens is 212 g/mol. The van der Waals surface area contributed by atoms with E-state index in [1.54, 1.807) is 6.20 Å². The van der Waals surface area contributed by atoms with E-state index in [9.17, 15) is 4.79 Å². The molecule has 1 fully saturated rings. The lowest BCUT2D eigenvalue weighted by atomic mass is 9.99. The van der Waals surface area contributed by atoms with Gasteiger partial charge in [0.2, 0.25) is 0 Å². The molecule has 0 bridgehead atoms. The number of likely N-dealkylation sites (tertiary alicyclic amines) is 1. The average Bonchev–Trinajstić information content (AvgIpc) is 2.38. The fraction of sp³-hybridized carbons (Fsp3) is 0.571. The lowest BCUT2D eigenvalue weighted by Crippen LogP contribution is -2.43. The number of amides is 1. The Hall–Kier alpha value is -1.38. The van der Waals surface area contributed by atoms with E-state index in [0.717, 1.165) is 37.1 Å². The van der Waals surface area contributed by atoms with Gasteiger partial charge in [-0.15, -0.1) is 0 Å². The van der Waals surface area contributed by atoms with Crippen LogP contribution in [0.4, 0.5) is 0 Å². The van der Waals surface area contributed by atoms with Crippen molar-refractivity contribution in [2.75, 3.05) is 6.54 Å². The van der Waals surface area contributed by atoms with Crippen molar-refractivity contribution in [1.82, 2.24) is 9.88 Å². The zero-order chi connectivity index (χ0) is 12.3. The number of rotatable bonds is 2. The lowest BCUT2D eigenvalue weighted by Gasteiger charge is -2.35. The number of nitrogens with zero attached hydrogens (tertiary/aromatic N) is 2. The van der Waals surface area contributed by atoms with E-state index in [-0.39, 0.29) is 5.91 Å². The Kier molecular flexibility index (Phi) is 3.77. The molecule has 1 aliphatic heterocycles. The molecule has 0 N–H and O–H groups in total. The van der Waals surface area contributed by atoms with Crippen LogP contribution in [-0.2, 0) is 0 Å². The van der Waals surface area contributed by atoms with Crippen LogP contribution in [0, 0.1) is 6.92 Å². The molecule has 1 aliphatic rings. The van der Waals surface area contributed by atoms with Gasteiger partial charge < -0.3 is 4.90 Å². The van der Waals surface area contributed by atoms with Crippen molar-refractivity contribution in [3.8, 4) is 0 Å². The molecule has 0 saturated carbocycles. The number of aryl methyl sites for hydroxylation is 1. The number of carbonyl (C=O) groups excluding carboxylic acids is 1. The highest BCUT2D eigenvalue weighted by molar-refractivity contribution is 5.94. The van der Waals surface area contributed by atoms with Gasteiger partial charge in [-0.3, -0.25) is 9.78 Å². The molecule has 92 valence electrons. The van der Waals surface area contributed by atoms with E-state index >= 15 is 0 Å². The largest absolute Gasteiger partial charge is 0.336 e. The van der Waals surface area contributed by atoms with Gasteiger partial charge in [0.05, 0.1) is 0 Å². The van der Waals surface area contributed by atoms with Gasteiger partial charge in [0.1, 0.15) is 0 Å². The maximum atomic E-state index is 12.4. The van der Waals surface area contributed by atoms with Crippen LogP contribution in [-0.4, -0.2) is 28.4 Å². The summed E-state index contributed by atoms with van der Waals surface area (Å²) in [6.45, 7) is 4.98. The number of piperidine rings is 1. The molecule has 1 atom stereocenters. The Labute approximate surface area is 103 Å². The zero-order valence-corrected chi connectivity index (χ0v) is 10.6. The van der Waals surface area contributed by atoms with Gasteiger partial charge in [-0.1, -0.05) is 6.92 Å². The molecule has 17 heavy (non-hydrogen) atoms. The van der Waals surface area contributed by atoms with Crippen molar-refractivity contribution in [2.45, 2.75) is 45.6 Å². The predicted molar refractivity (Wildman–Crippen MR) is 67.9 cm³/mol. The number of carbonyl (C=O) groups is 1. The van der Waals surface area contributed by atoms with Crippen molar-refractivity contribution in [3.63, 3.8) is 0 Å². The molecule has 2 rings (SSSR count). The Morgan fingerprint density at radius 1 is 1.53 bits per heavy atom. The number of aromatic nitrogens is 1. The molecule has 1 amide bonds. The molecule has 1 aromatic rings. The summed E-state index contributed by atoms with van der Waals surface area (Å²) in [6.07, 6.45) is 6.29. The minimum Gasteiger partial charge on any atom is -0.336 e. The molecule has 1 unspecified atom stereocenters. The third-order valence-electron chi connectivity index (χ3n) is 3.50. The summed E-state index contributed by atoms with van der Waals surface area (Å²) in [5.41, 5.74) is 1.68. The van der Waals surface area contributed by atoms with Gasteiger partial charge in [0.15, 0.2) is 0 Å². The van der Waals surface area contributed by atoms with Crippen LogP contribution in [0.2, 0.25) is 0 Å². The fourth-order valence-corrected chi connectivity index (χ4v) is 2.54. The van der Waals surface area contributed by atoms with Gasteiger partial charge in [0, 0.05) is 30.0 Å². The van der Waals surface area contributed by atoms with E-state index in [4.69, 9.17) is 0 Å². The highest BCUT2D eigenvalue weighted by atomic mass is 16.2. The van der Waals surface area contributed by atoms with Gasteiger partial charge in [-0.05, 0) is 44.7 Å². The van der Waals surface area contributed by atoms with Crippen LogP contribution in [0.3, 0.4) is 0 Å². The van der Waals surface area contributed by atoms with Gasteiger partial charge >= 0.3 is 0 Å². The quantitative estimate of drug-likeness (QED) is 0.785. The first-order valence-corrected chi connectivity index (χ1v) is 6.46. The van der Waals surface area contributed by atoms with Crippen LogP contribution < -0.4 is 0 Å². The Balaban J connectivity index is 2.18. The van der Waals surface area contributed by atoms with Crippen LogP contribution >= 0.6 is 0 Å². The van der Waals surface area contributed by atoms with Crippen LogP contribution in [0.5, 0.6) is 0 Å².